The normalized spacial score (nSPS) is 12.7. The molecule has 2 atom stereocenters. The van der Waals surface area contributed by atoms with E-state index in [1.54, 1.807) is 65.0 Å². The van der Waals surface area contributed by atoms with Crippen molar-refractivity contribution >= 4 is 23.8 Å². The van der Waals surface area contributed by atoms with Gasteiger partial charge in [0.05, 0.1) is 6.42 Å². The standard InChI is InChI=1S/C28H32F4N2O7/c1-15(2)24(34-27(38)40-13-16-9-7-6-8-10-16)26(37)33-19(12-21(36)41-28(3,4)5)20(35)14-39-25-22(31)17(29)11-18(30)23(25)32/h6-11,15,19,24H,12-14H2,1-5H3,(H,33,37)(H,34,38)/t19-,24-/m0/s1. The molecule has 0 saturated heterocycles. The first kappa shape index (κ1) is 33.0. The Balaban J connectivity index is 2.17. The monoisotopic (exact) mass is 584 g/mol. The number of ketones is 1. The summed E-state index contributed by atoms with van der Waals surface area (Å²) in [4.78, 5) is 50.8. The number of carbonyl (C=O) groups is 4. The van der Waals surface area contributed by atoms with Crippen LogP contribution in [0.25, 0.3) is 0 Å². The molecule has 0 aliphatic carbocycles. The number of esters is 1. The maximum absolute atomic E-state index is 14.0. The van der Waals surface area contributed by atoms with Crippen LogP contribution in [-0.2, 0) is 30.5 Å². The number of alkyl carbamates (subject to hydrolysis) is 1. The third-order valence-electron chi connectivity index (χ3n) is 5.36. The van der Waals surface area contributed by atoms with Crippen LogP contribution in [0.2, 0.25) is 0 Å². The highest BCUT2D eigenvalue weighted by Gasteiger charge is 2.32. The van der Waals surface area contributed by atoms with Crippen molar-refractivity contribution in [3.63, 3.8) is 0 Å². The summed E-state index contributed by atoms with van der Waals surface area (Å²) < 4.78 is 70.0. The van der Waals surface area contributed by atoms with Crippen molar-refractivity contribution in [2.24, 2.45) is 5.92 Å². The molecule has 0 bridgehead atoms. The van der Waals surface area contributed by atoms with E-state index in [1.165, 1.54) is 0 Å². The van der Waals surface area contributed by atoms with E-state index in [0.29, 0.717) is 5.56 Å². The average Bonchev–Trinajstić information content (AvgIpc) is 2.88. The second-order valence-corrected chi connectivity index (χ2v) is 10.3. The molecule has 0 aliphatic heterocycles. The highest BCUT2D eigenvalue weighted by molar-refractivity contribution is 5.95. The lowest BCUT2D eigenvalue weighted by molar-refractivity contribution is -0.156. The first-order valence-corrected chi connectivity index (χ1v) is 12.6. The molecular weight excluding hydrogens is 552 g/mol. The molecule has 13 heteroatoms. The van der Waals surface area contributed by atoms with E-state index in [1.807, 2.05) is 0 Å². The molecule has 2 aromatic carbocycles. The lowest BCUT2D eigenvalue weighted by Gasteiger charge is -2.26. The molecule has 41 heavy (non-hydrogen) atoms. The lowest BCUT2D eigenvalue weighted by Crippen LogP contribution is -2.54. The summed E-state index contributed by atoms with van der Waals surface area (Å²) in [7, 11) is 0. The predicted molar refractivity (Wildman–Crippen MR) is 138 cm³/mol. The van der Waals surface area contributed by atoms with Crippen molar-refractivity contribution in [3.8, 4) is 5.75 Å². The first-order valence-electron chi connectivity index (χ1n) is 12.6. The number of carbonyl (C=O) groups excluding carboxylic acids is 4. The van der Waals surface area contributed by atoms with Crippen molar-refractivity contribution in [2.75, 3.05) is 6.61 Å². The van der Waals surface area contributed by atoms with E-state index < -0.39 is 89.4 Å². The average molecular weight is 585 g/mol. The fraction of sp³-hybridized carbons (Fsp3) is 0.429. The fourth-order valence-corrected chi connectivity index (χ4v) is 3.41. The molecular formula is C28H32F4N2O7. The molecule has 0 unspecified atom stereocenters. The Kier molecular flexibility index (Phi) is 11.7. The topological polar surface area (TPSA) is 120 Å². The van der Waals surface area contributed by atoms with E-state index in [9.17, 15) is 36.7 Å². The Morgan fingerprint density at radius 3 is 2.02 bits per heavy atom. The highest BCUT2D eigenvalue weighted by atomic mass is 19.2. The molecule has 0 fully saturated rings. The van der Waals surface area contributed by atoms with E-state index in [4.69, 9.17) is 14.2 Å². The van der Waals surface area contributed by atoms with Crippen LogP contribution in [0.15, 0.2) is 36.4 Å². The lowest BCUT2D eigenvalue weighted by atomic mass is 10.0. The van der Waals surface area contributed by atoms with Gasteiger partial charge in [0.15, 0.2) is 23.2 Å². The van der Waals surface area contributed by atoms with Gasteiger partial charge in [-0.3, -0.25) is 14.4 Å². The third kappa shape index (κ3) is 10.4. The Hall–Kier alpha value is -4.16. The quantitative estimate of drug-likeness (QED) is 0.216. The minimum Gasteiger partial charge on any atom is -0.479 e. The molecule has 9 nitrogen and oxygen atoms in total. The second-order valence-electron chi connectivity index (χ2n) is 10.3. The molecule has 2 N–H and O–H groups in total. The number of halogens is 4. The van der Waals surface area contributed by atoms with Crippen LogP contribution in [0, 0.1) is 29.2 Å². The van der Waals surface area contributed by atoms with Crippen LogP contribution in [0.5, 0.6) is 5.75 Å². The van der Waals surface area contributed by atoms with E-state index in [0.717, 1.165) is 0 Å². The summed E-state index contributed by atoms with van der Waals surface area (Å²) in [5.74, 6) is -12.2. The Morgan fingerprint density at radius 1 is 0.902 bits per heavy atom. The van der Waals surface area contributed by atoms with Crippen LogP contribution in [0.1, 0.15) is 46.6 Å². The van der Waals surface area contributed by atoms with E-state index in [-0.39, 0.29) is 12.7 Å². The van der Waals surface area contributed by atoms with Crippen molar-refractivity contribution in [1.82, 2.24) is 10.6 Å². The first-order chi connectivity index (χ1) is 19.1. The van der Waals surface area contributed by atoms with E-state index >= 15 is 0 Å². The van der Waals surface area contributed by atoms with Gasteiger partial charge in [0.25, 0.3) is 0 Å². The summed E-state index contributed by atoms with van der Waals surface area (Å²) in [6.07, 6.45) is -1.66. The van der Waals surface area contributed by atoms with Crippen molar-refractivity contribution in [2.45, 2.75) is 65.3 Å². The molecule has 0 radical (unpaired) electrons. The van der Waals surface area contributed by atoms with Gasteiger partial charge in [0.2, 0.25) is 17.5 Å². The van der Waals surface area contributed by atoms with Gasteiger partial charge in [-0.2, -0.15) is 8.78 Å². The zero-order valence-corrected chi connectivity index (χ0v) is 23.2. The summed E-state index contributed by atoms with van der Waals surface area (Å²) in [6, 6.07) is 5.81. The van der Waals surface area contributed by atoms with Gasteiger partial charge in [-0.15, -0.1) is 0 Å². The number of ether oxygens (including phenoxy) is 3. The van der Waals surface area contributed by atoms with Crippen LogP contribution < -0.4 is 15.4 Å². The summed E-state index contributed by atoms with van der Waals surface area (Å²) >= 11 is 0. The molecule has 0 aliphatic rings. The van der Waals surface area contributed by atoms with Gasteiger partial charge >= 0.3 is 12.1 Å². The maximum atomic E-state index is 14.0. The molecule has 224 valence electrons. The highest BCUT2D eigenvalue weighted by Crippen LogP contribution is 2.26. The van der Waals surface area contributed by atoms with Gasteiger partial charge in [-0.1, -0.05) is 44.2 Å². The predicted octanol–water partition coefficient (Wildman–Crippen LogP) is 4.36. The molecule has 0 saturated carbocycles. The molecule has 0 spiro atoms. The fourth-order valence-electron chi connectivity index (χ4n) is 3.41. The number of benzene rings is 2. The van der Waals surface area contributed by atoms with Gasteiger partial charge in [-0.05, 0) is 32.3 Å². The molecule has 0 heterocycles. The van der Waals surface area contributed by atoms with Gasteiger partial charge in [-0.25, -0.2) is 13.6 Å². The molecule has 2 amide bonds. The zero-order valence-electron chi connectivity index (χ0n) is 23.2. The second kappa shape index (κ2) is 14.5. The Labute approximate surface area is 234 Å². The molecule has 2 rings (SSSR count). The van der Waals surface area contributed by atoms with Gasteiger partial charge in [0.1, 0.15) is 30.9 Å². The van der Waals surface area contributed by atoms with Crippen molar-refractivity contribution in [1.29, 1.82) is 0 Å². The van der Waals surface area contributed by atoms with Gasteiger partial charge in [0, 0.05) is 6.07 Å². The third-order valence-corrected chi connectivity index (χ3v) is 5.36. The van der Waals surface area contributed by atoms with Gasteiger partial charge < -0.3 is 24.8 Å². The largest absolute Gasteiger partial charge is 0.479 e. The molecule has 0 aromatic heterocycles. The smallest absolute Gasteiger partial charge is 0.408 e. The Morgan fingerprint density at radius 2 is 1.49 bits per heavy atom. The maximum Gasteiger partial charge on any atom is 0.408 e. The number of Topliss-reactive ketones (excluding diaryl/α,β-unsaturated/α-hetero) is 1. The SMILES string of the molecule is CC(C)[C@H](NC(=O)OCc1ccccc1)C(=O)N[C@@H](CC(=O)OC(C)(C)C)C(=O)COc1c(F)c(F)cc(F)c1F. The summed E-state index contributed by atoms with van der Waals surface area (Å²) in [5.41, 5.74) is -0.261. The zero-order chi connectivity index (χ0) is 30.9. The van der Waals surface area contributed by atoms with Crippen molar-refractivity contribution in [3.05, 3.63) is 65.2 Å². The summed E-state index contributed by atoms with van der Waals surface area (Å²) in [6.45, 7) is 6.63. The Bertz CT molecular complexity index is 1220. The van der Waals surface area contributed by atoms with Crippen LogP contribution in [0.4, 0.5) is 22.4 Å². The van der Waals surface area contributed by atoms with E-state index in [2.05, 4.69) is 10.6 Å². The number of nitrogens with one attached hydrogen (secondary N) is 2. The number of hydrogen-bond donors (Lipinski definition) is 2. The number of rotatable bonds is 12. The minimum atomic E-state index is -1.87. The van der Waals surface area contributed by atoms with Crippen LogP contribution in [-0.4, -0.2) is 48.0 Å². The van der Waals surface area contributed by atoms with Crippen LogP contribution in [0.3, 0.4) is 0 Å². The molecule has 2 aromatic rings. The number of amides is 2. The summed E-state index contributed by atoms with van der Waals surface area (Å²) in [5, 5.41) is 4.70. The minimum absolute atomic E-state index is 0.0329. The van der Waals surface area contributed by atoms with Crippen molar-refractivity contribution < 1.29 is 51.0 Å². The van der Waals surface area contributed by atoms with Crippen LogP contribution >= 0.6 is 0 Å². The number of hydrogen-bond acceptors (Lipinski definition) is 7.